The molecule has 0 bridgehead atoms. The Balaban J connectivity index is 2.09. The minimum Gasteiger partial charge on any atom is -0.497 e. The molecule has 0 aliphatic heterocycles. The summed E-state index contributed by atoms with van der Waals surface area (Å²) in [7, 11) is 3.29. The van der Waals surface area contributed by atoms with Gasteiger partial charge in [0.25, 0.3) is 0 Å². The highest BCUT2D eigenvalue weighted by Gasteiger charge is 2.29. The second-order valence-electron chi connectivity index (χ2n) is 11.0. The fourth-order valence-corrected chi connectivity index (χ4v) is 4.53. The highest BCUT2D eigenvalue weighted by atomic mass is 16.5. The highest BCUT2D eigenvalue weighted by Crippen LogP contribution is 2.21. The van der Waals surface area contributed by atoms with Crippen molar-refractivity contribution >= 4 is 11.8 Å². The fourth-order valence-electron chi connectivity index (χ4n) is 4.53. The monoisotopic (exact) mass is 527 g/mol. The molecule has 0 unspecified atom stereocenters. The largest absolute Gasteiger partial charge is 0.497 e. The lowest BCUT2D eigenvalue weighted by atomic mass is 10.0. The van der Waals surface area contributed by atoms with E-state index in [4.69, 9.17) is 9.47 Å². The number of hydrogen-bond acceptors (Lipinski definition) is 4. The lowest BCUT2D eigenvalue weighted by Gasteiger charge is -2.37. The molecule has 7 heteroatoms. The average molecular weight is 528 g/mol. The van der Waals surface area contributed by atoms with Crippen LogP contribution in [0.15, 0.2) is 42.6 Å². The lowest BCUT2D eigenvalue weighted by Crippen LogP contribution is -2.50. The Morgan fingerprint density at radius 3 is 2.37 bits per heavy atom. The van der Waals surface area contributed by atoms with Crippen molar-refractivity contribution in [1.82, 2.24) is 14.4 Å². The van der Waals surface area contributed by atoms with Crippen molar-refractivity contribution in [1.29, 1.82) is 0 Å². The Morgan fingerprint density at radius 1 is 0.947 bits per heavy atom. The molecular weight excluding hydrogens is 478 g/mol. The van der Waals surface area contributed by atoms with Gasteiger partial charge in [0.15, 0.2) is 0 Å². The molecule has 0 aliphatic carbocycles. The Kier molecular flexibility index (Phi) is 13.4. The molecule has 0 N–H and O–H groups in total. The third-order valence-corrected chi connectivity index (χ3v) is 6.83. The van der Waals surface area contributed by atoms with E-state index in [0.29, 0.717) is 32.7 Å². The van der Waals surface area contributed by atoms with Gasteiger partial charge < -0.3 is 23.8 Å². The van der Waals surface area contributed by atoms with Crippen LogP contribution in [0.2, 0.25) is 0 Å². The molecule has 1 aromatic heterocycles. The van der Waals surface area contributed by atoms with Crippen molar-refractivity contribution < 1.29 is 19.1 Å². The number of aromatic nitrogens is 1. The number of benzene rings is 1. The SMILES string of the molecule is CCCCCCCCC(=O)N(CCOC)CC(=O)N(Cc1cccn1Cc1cccc(OC)c1)C(C)(C)C. The molecule has 1 heterocycles. The molecule has 1 aromatic carbocycles. The van der Waals surface area contributed by atoms with Crippen LogP contribution >= 0.6 is 0 Å². The van der Waals surface area contributed by atoms with Gasteiger partial charge in [-0.05, 0) is 57.0 Å². The molecular formula is C31H49N3O4. The minimum atomic E-state index is -0.405. The predicted octanol–water partition coefficient (Wildman–Crippen LogP) is 5.90. The predicted molar refractivity (Wildman–Crippen MR) is 153 cm³/mol. The molecule has 0 atom stereocenters. The van der Waals surface area contributed by atoms with Crippen LogP contribution in [-0.4, -0.2) is 65.6 Å². The summed E-state index contributed by atoms with van der Waals surface area (Å²) in [5.41, 5.74) is 1.76. The van der Waals surface area contributed by atoms with Crippen molar-refractivity contribution in [3.8, 4) is 5.75 Å². The first-order valence-corrected chi connectivity index (χ1v) is 14.0. The van der Waals surface area contributed by atoms with Crippen LogP contribution in [0, 0.1) is 0 Å². The number of nitrogens with zero attached hydrogens (tertiary/aromatic N) is 3. The molecule has 0 saturated heterocycles. The summed E-state index contributed by atoms with van der Waals surface area (Å²) in [6.45, 7) is 10.4. The minimum absolute atomic E-state index is 0.0288. The molecule has 212 valence electrons. The van der Waals surface area contributed by atoms with Gasteiger partial charge in [-0.15, -0.1) is 0 Å². The van der Waals surface area contributed by atoms with Crippen LogP contribution in [0.25, 0.3) is 0 Å². The summed E-state index contributed by atoms with van der Waals surface area (Å²) < 4.78 is 12.8. The van der Waals surface area contributed by atoms with E-state index in [2.05, 4.69) is 23.6 Å². The average Bonchev–Trinajstić information content (AvgIpc) is 3.32. The van der Waals surface area contributed by atoms with E-state index in [9.17, 15) is 9.59 Å². The van der Waals surface area contributed by atoms with Gasteiger partial charge in [0.2, 0.25) is 11.8 Å². The summed E-state index contributed by atoms with van der Waals surface area (Å²) in [5.74, 6) is 0.796. The van der Waals surface area contributed by atoms with E-state index >= 15 is 0 Å². The first-order valence-electron chi connectivity index (χ1n) is 14.0. The van der Waals surface area contributed by atoms with Gasteiger partial charge >= 0.3 is 0 Å². The summed E-state index contributed by atoms with van der Waals surface area (Å²) >= 11 is 0. The molecule has 0 radical (unpaired) electrons. The number of rotatable bonds is 17. The molecule has 38 heavy (non-hydrogen) atoms. The van der Waals surface area contributed by atoms with Crippen molar-refractivity contribution in [2.75, 3.05) is 33.9 Å². The van der Waals surface area contributed by atoms with Crippen LogP contribution in [-0.2, 0) is 27.4 Å². The van der Waals surface area contributed by atoms with Crippen molar-refractivity contribution in [3.63, 3.8) is 0 Å². The molecule has 2 aromatic rings. The van der Waals surface area contributed by atoms with E-state index in [0.717, 1.165) is 36.3 Å². The van der Waals surface area contributed by atoms with Crippen molar-refractivity contribution in [2.24, 2.45) is 0 Å². The van der Waals surface area contributed by atoms with Gasteiger partial charge in [-0.2, -0.15) is 0 Å². The first-order chi connectivity index (χ1) is 18.2. The quantitative estimate of drug-likeness (QED) is 0.240. The molecule has 2 amide bonds. The maximum absolute atomic E-state index is 13.7. The highest BCUT2D eigenvalue weighted by molar-refractivity contribution is 5.85. The summed E-state index contributed by atoms with van der Waals surface area (Å²) in [5, 5.41) is 0. The molecule has 0 aliphatic rings. The maximum Gasteiger partial charge on any atom is 0.242 e. The maximum atomic E-state index is 13.7. The van der Waals surface area contributed by atoms with Crippen LogP contribution in [0.3, 0.4) is 0 Å². The Hall–Kier alpha value is -2.80. The van der Waals surface area contributed by atoms with E-state index in [1.807, 2.05) is 56.1 Å². The number of amides is 2. The van der Waals surface area contributed by atoms with E-state index in [1.54, 1.807) is 19.1 Å². The number of carbonyl (C=O) groups is 2. The van der Waals surface area contributed by atoms with Gasteiger partial charge in [0.05, 0.1) is 26.8 Å². The normalized spacial score (nSPS) is 11.4. The van der Waals surface area contributed by atoms with E-state index < -0.39 is 5.54 Å². The third kappa shape index (κ3) is 10.5. The topological polar surface area (TPSA) is 64.0 Å². The number of ether oxygens (including phenoxy) is 2. The number of carbonyl (C=O) groups excluding carboxylic acids is 2. The fraction of sp³-hybridized carbons (Fsp3) is 0.613. The number of methoxy groups -OCH3 is 2. The lowest BCUT2D eigenvalue weighted by molar-refractivity contribution is -0.144. The Bertz CT molecular complexity index is 979. The van der Waals surface area contributed by atoms with Crippen molar-refractivity contribution in [3.05, 3.63) is 53.9 Å². The zero-order valence-corrected chi connectivity index (χ0v) is 24.5. The Morgan fingerprint density at radius 2 is 1.68 bits per heavy atom. The summed E-state index contributed by atoms with van der Waals surface area (Å²) in [4.78, 5) is 30.3. The molecule has 2 rings (SSSR count). The molecule has 0 spiro atoms. The van der Waals surface area contributed by atoms with Crippen LogP contribution in [0.4, 0.5) is 0 Å². The van der Waals surface area contributed by atoms with Gasteiger partial charge in [0.1, 0.15) is 5.75 Å². The first kappa shape index (κ1) is 31.4. The second-order valence-corrected chi connectivity index (χ2v) is 11.0. The van der Waals surface area contributed by atoms with E-state index in [1.165, 1.54) is 19.3 Å². The van der Waals surface area contributed by atoms with Gasteiger partial charge in [-0.3, -0.25) is 9.59 Å². The summed E-state index contributed by atoms with van der Waals surface area (Å²) in [6, 6.07) is 12.1. The van der Waals surface area contributed by atoms with Gasteiger partial charge in [-0.25, -0.2) is 0 Å². The number of unbranched alkanes of at least 4 members (excludes halogenated alkanes) is 5. The zero-order valence-electron chi connectivity index (χ0n) is 24.5. The van der Waals surface area contributed by atoms with Crippen LogP contribution < -0.4 is 4.74 Å². The molecule has 7 nitrogen and oxygen atoms in total. The smallest absolute Gasteiger partial charge is 0.242 e. The van der Waals surface area contributed by atoms with Crippen LogP contribution in [0.1, 0.15) is 83.9 Å². The van der Waals surface area contributed by atoms with Crippen LogP contribution in [0.5, 0.6) is 5.75 Å². The summed E-state index contributed by atoms with van der Waals surface area (Å²) in [6.07, 6.45) is 9.26. The van der Waals surface area contributed by atoms with Crippen molar-refractivity contribution in [2.45, 2.75) is 91.3 Å². The van der Waals surface area contributed by atoms with Gasteiger partial charge in [-0.1, -0.05) is 51.2 Å². The number of hydrogen-bond donors (Lipinski definition) is 0. The molecule has 0 fully saturated rings. The second kappa shape index (κ2) is 16.2. The Labute approximate surface area is 230 Å². The zero-order chi connectivity index (χ0) is 28.0. The van der Waals surface area contributed by atoms with Gasteiger partial charge in [0, 0.05) is 44.0 Å². The molecule has 0 saturated carbocycles. The van der Waals surface area contributed by atoms with E-state index in [-0.39, 0.29) is 18.4 Å². The third-order valence-electron chi connectivity index (χ3n) is 6.83. The standard InChI is InChI=1S/C31H49N3O4/c1-7-8-9-10-11-12-18-29(35)33(20-21-37-5)25-30(36)34(31(2,3)4)24-27-16-14-19-32(27)23-26-15-13-17-28(22-26)38-6/h13-17,19,22H,7-12,18,20-21,23-25H2,1-6H3.